The Balaban J connectivity index is 2.26. The average molecular weight is 250 g/mol. The van der Waals surface area contributed by atoms with Crippen molar-refractivity contribution in [3.63, 3.8) is 0 Å². The number of nitrogens with two attached hydrogens (primary N) is 1. The Morgan fingerprint density at radius 1 is 1.44 bits per heavy atom. The number of carbonyl (C=O) groups excluding carboxylic acids is 2. The number of piperidine rings is 1. The third-order valence-corrected chi connectivity index (χ3v) is 3.34. The molecule has 1 aromatic rings. The number of carbonyl (C=O) groups is 2. The summed E-state index contributed by atoms with van der Waals surface area (Å²) in [6.07, 6.45) is 4.18. The van der Waals surface area contributed by atoms with E-state index in [0.717, 1.165) is 12.8 Å². The quantitative estimate of drug-likeness (QED) is 0.814. The third-order valence-electron chi connectivity index (χ3n) is 3.34. The molecule has 2 N–H and O–H groups in total. The number of hydrogen-bond acceptors (Lipinski definition) is 3. The number of rotatable bonds is 2. The number of likely N-dealkylation sites (tertiary alicyclic amines) is 1. The van der Waals surface area contributed by atoms with E-state index >= 15 is 0 Å². The standard InChI is InChI=1S/C12H18N4O2/c1-8-9(7-15(2)14-8)12(18)16-6-4-3-5-10(16)11(13)17/h7,10H,3-6H2,1-2H3,(H2,13,17). The monoisotopic (exact) mass is 250 g/mol. The van der Waals surface area contributed by atoms with Crippen LogP contribution in [0.1, 0.15) is 35.3 Å². The summed E-state index contributed by atoms with van der Waals surface area (Å²) in [5.74, 6) is -0.575. The first-order chi connectivity index (χ1) is 8.50. The second-order valence-electron chi connectivity index (χ2n) is 4.71. The van der Waals surface area contributed by atoms with Gasteiger partial charge in [0.25, 0.3) is 5.91 Å². The van der Waals surface area contributed by atoms with Crippen LogP contribution in [-0.2, 0) is 11.8 Å². The van der Waals surface area contributed by atoms with E-state index in [-0.39, 0.29) is 5.91 Å². The lowest BCUT2D eigenvalue weighted by atomic mass is 10.0. The van der Waals surface area contributed by atoms with Gasteiger partial charge in [-0.05, 0) is 26.2 Å². The zero-order chi connectivity index (χ0) is 13.3. The molecule has 2 heterocycles. The van der Waals surface area contributed by atoms with Crippen LogP contribution in [0.5, 0.6) is 0 Å². The SMILES string of the molecule is Cc1nn(C)cc1C(=O)N1CCCCC1C(N)=O. The van der Waals surface area contributed by atoms with Crippen molar-refractivity contribution in [2.75, 3.05) is 6.54 Å². The lowest BCUT2D eigenvalue weighted by molar-refractivity contribution is -0.123. The molecule has 18 heavy (non-hydrogen) atoms. The lowest BCUT2D eigenvalue weighted by Crippen LogP contribution is -2.50. The van der Waals surface area contributed by atoms with Crippen LogP contribution in [0, 0.1) is 6.92 Å². The Bertz CT molecular complexity index is 480. The lowest BCUT2D eigenvalue weighted by Gasteiger charge is -2.33. The maximum atomic E-state index is 12.4. The summed E-state index contributed by atoms with van der Waals surface area (Å²) in [7, 11) is 1.77. The Hall–Kier alpha value is -1.85. The molecule has 0 spiro atoms. The fraction of sp³-hybridized carbons (Fsp3) is 0.583. The van der Waals surface area contributed by atoms with Crippen molar-refractivity contribution in [2.24, 2.45) is 12.8 Å². The minimum absolute atomic E-state index is 0.149. The number of amides is 2. The van der Waals surface area contributed by atoms with Gasteiger partial charge in [-0.1, -0.05) is 0 Å². The van der Waals surface area contributed by atoms with Gasteiger partial charge in [0.2, 0.25) is 5.91 Å². The van der Waals surface area contributed by atoms with E-state index in [2.05, 4.69) is 5.10 Å². The van der Waals surface area contributed by atoms with Gasteiger partial charge in [-0.25, -0.2) is 0 Å². The van der Waals surface area contributed by atoms with Gasteiger partial charge in [0.1, 0.15) is 6.04 Å². The van der Waals surface area contributed by atoms with Crippen LogP contribution in [0.3, 0.4) is 0 Å². The molecule has 2 amide bonds. The number of aromatic nitrogens is 2. The van der Waals surface area contributed by atoms with Crippen LogP contribution in [0.4, 0.5) is 0 Å². The molecule has 1 aromatic heterocycles. The van der Waals surface area contributed by atoms with Crippen molar-refractivity contribution >= 4 is 11.8 Å². The van der Waals surface area contributed by atoms with E-state index in [0.29, 0.717) is 24.2 Å². The maximum absolute atomic E-state index is 12.4. The number of nitrogens with zero attached hydrogens (tertiary/aromatic N) is 3. The number of primary amides is 1. The van der Waals surface area contributed by atoms with Gasteiger partial charge in [-0.3, -0.25) is 14.3 Å². The first-order valence-electron chi connectivity index (χ1n) is 6.11. The second kappa shape index (κ2) is 4.80. The van der Waals surface area contributed by atoms with Crippen molar-refractivity contribution in [1.29, 1.82) is 0 Å². The highest BCUT2D eigenvalue weighted by atomic mass is 16.2. The van der Waals surface area contributed by atoms with Crippen molar-refractivity contribution in [1.82, 2.24) is 14.7 Å². The molecule has 0 aromatic carbocycles. The summed E-state index contributed by atoms with van der Waals surface area (Å²) >= 11 is 0. The van der Waals surface area contributed by atoms with E-state index in [1.807, 2.05) is 0 Å². The van der Waals surface area contributed by atoms with Crippen LogP contribution in [-0.4, -0.2) is 39.1 Å². The molecule has 1 aliphatic rings. The molecule has 1 unspecified atom stereocenters. The zero-order valence-electron chi connectivity index (χ0n) is 10.7. The Kier molecular flexibility index (Phi) is 3.36. The van der Waals surface area contributed by atoms with Gasteiger partial charge >= 0.3 is 0 Å². The van der Waals surface area contributed by atoms with Gasteiger partial charge in [0.05, 0.1) is 11.3 Å². The summed E-state index contributed by atoms with van der Waals surface area (Å²) in [5.41, 5.74) is 6.59. The number of hydrogen-bond donors (Lipinski definition) is 1. The van der Waals surface area contributed by atoms with E-state index < -0.39 is 11.9 Å². The van der Waals surface area contributed by atoms with Crippen molar-refractivity contribution in [3.8, 4) is 0 Å². The molecule has 0 bridgehead atoms. The van der Waals surface area contributed by atoms with Crippen molar-refractivity contribution < 1.29 is 9.59 Å². The topological polar surface area (TPSA) is 81.2 Å². The van der Waals surface area contributed by atoms with Gasteiger partial charge in [0, 0.05) is 19.8 Å². The van der Waals surface area contributed by atoms with Gasteiger partial charge < -0.3 is 10.6 Å². The molecule has 0 aliphatic carbocycles. The molecule has 1 fully saturated rings. The Morgan fingerprint density at radius 2 is 2.17 bits per heavy atom. The summed E-state index contributed by atoms with van der Waals surface area (Å²) in [6, 6.07) is -0.481. The molecular formula is C12H18N4O2. The molecule has 1 atom stereocenters. The Labute approximate surface area is 106 Å². The average Bonchev–Trinajstić information content (AvgIpc) is 2.67. The van der Waals surface area contributed by atoms with Crippen LogP contribution in [0.25, 0.3) is 0 Å². The van der Waals surface area contributed by atoms with Crippen LogP contribution in [0.15, 0.2) is 6.20 Å². The molecule has 6 nitrogen and oxygen atoms in total. The van der Waals surface area contributed by atoms with Crippen LogP contribution >= 0.6 is 0 Å². The van der Waals surface area contributed by atoms with E-state index in [1.165, 1.54) is 0 Å². The van der Waals surface area contributed by atoms with E-state index in [1.54, 1.807) is 29.7 Å². The van der Waals surface area contributed by atoms with Gasteiger partial charge in [0.15, 0.2) is 0 Å². The molecule has 1 saturated heterocycles. The highest BCUT2D eigenvalue weighted by Crippen LogP contribution is 2.20. The molecule has 0 radical (unpaired) electrons. The molecule has 2 rings (SSSR count). The Morgan fingerprint density at radius 3 is 2.72 bits per heavy atom. The normalized spacial score (nSPS) is 19.9. The summed E-state index contributed by atoms with van der Waals surface area (Å²) in [5, 5.41) is 4.15. The van der Waals surface area contributed by atoms with Crippen molar-refractivity contribution in [2.45, 2.75) is 32.2 Å². The first-order valence-corrected chi connectivity index (χ1v) is 6.11. The predicted octanol–water partition coefficient (Wildman–Crippen LogP) is 0.209. The van der Waals surface area contributed by atoms with E-state index in [9.17, 15) is 9.59 Å². The third kappa shape index (κ3) is 2.23. The fourth-order valence-corrected chi connectivity index (χ4v) is 2.43. The van der Waals surface area contributed by atoms with Crippen LogP contribution < -0.4 is 5.73 Å². The highest BCUT2D eigenvalue weighted by Gasteiger charge is 2.32. The molecule has 0 saturated carbocycles. The van der Waals surface area contributed by atoms with Gasteiger partial charge in [-0.15, -0.1) is 0 Å². The fourth-order valence-electron chi connectivity index (χ4n) is 2.43. The van der Waals surface area contributed by atoms with Gasteiger partial charge in [-0.2, -0.15) is 5.10 Å². The van der Waals surface area contributed by atoms with Crippen LogP contribution in [0.2, 0.25) is 0 Å². The molecule has 1 aliphatic heterocycles. The minimum atomic E-state index is -0.481. The summed E-state index contributed by atoms with van der Waals surface area (Å²) < 4.78 is 1.60. The maximum Gasteiger partial charge on any atom is 0.258 e. The number of aryl methyl sites for hydroxylation is 2. The largest absolute Gasteiger partial charge is 0.368 e. The minimum Gasteiger partial charge on any atom is -0.368 e. The molecular weight excluding hydrogens is 232 g/mol. The highest BCUT2D eigenvalue weighted by molar-refractivity contribution is 5.98. The molecule has 98 valence electrons. The van der Waals surface area contributed by atoms with E-state index in [4.69, 9.17) is 5.73 Å². The second-order valence-corrected chi connectivity index (χ2v) is 4.71. The molecule has 6 heteroatoms. The van der Waals surface area contributed by atoms with Crippen molar-refractivity contribution in [3.05, 3.63) is 17.5 Å². The zero-order valence-corrected chi connectivity index (χ0v) is 10.7. The summed E-state index contributed by atoms with van der Waals surface area (Å²) in [4.78, 5) is 25.4. The summed E-state index contributed by atoms with van der Waals surface area (Å²) in [6.45, 7) is 2.37. The predicted molar refractivity (Wildman–Crippen MR) is 65.8 cm³/mol. The smallest absolute Gasteiger partial charge is 0.258 e. The first kappa shape index (κ1) is 12.6.